The van der Waals surface area contributed by atoms with Crippen molar-refractivity contribution in [3.8, 4) is 0 Å². The van der Waals surface area contributed by atoms with Crippen molar-refractivity contribution in [2.45, 2.75) is 51.7 Å². The normalized spacial score (nSPS) is 37.6. The van der Waals surface area contributed by atoms with Crippen LogP contribution in [0.2, 0.25) is 0 Å². The molecule has 2 aliphatic heterocycles. The quantitative estimate of drug-likeness (QED) is 0.718. The first-order chi connectivity index (χ1) is 7.68. The molecular weight excluding hydrogens is 202 g/mol. The van der Waals surface area contributed by atoms with Crippen molar-refractivity contribution in [1.82, 2.24) is 4.90 Å². The molecule has 2 fully saturated rings. The van der Waals surface area contributed by atoms with Crippen molar-refractivity contribution in [2.75, 3.05) is 19.7 Å². The van der Waals surface area contributed by atoms with Crippen LogP contribution in [-0.2, 0) is 9.53 Å². The maximum absolute atomic E-state index is 11.6. The maximum atomic E-state index is 11.6. The molecule has 2 heterocycles. The van der Waals surface area contributed by atoms with E-state index in [0.29, 0.717) is 17.9 Å². The molecule has 0 aromatic rings. The second-order valence-corrected chi connectivity index (χ2v) is 5.23. The van der Waals surface area contributed by atoms with E-state index in [-0.39, 0.29) is 5.92 Å². The number of carbonyl (C=O) groups is 1. The van der Waals surface area contributed by atoms with E-state index < -0.39 is 0 Å². The molecule has 2 aliphatic rings. The predicted octanol–water partition coefficient (Wildman–Crippen LogP) is 1.85. The van der Waals surface area contributed by atoms with Crippen LogP contribution in [0.4, 0.5) is 0 Å². The molecule has 0 aromatic heterocycles. The van der Waals surface area contributed by atoms with E-state index in [0.717, 1.165) is 26.1 Å². The van der Waals surface area contributed by atoms with Crippen LogP contribution in [0.3, 0.4) is 0 Å². The number of piperidine rings is 1. The number of nitrogens with zero attached hydrogens (tertiary/aromatic N) is 1. The number of carbonyl (C=O) groups excluding carboxylic acids is 1. The molecule has 2 saturated heterocycles. The molecule has 0 radical (unpaired) electrons. The highest BCUT2D eigenvalue weighted by Gasteiger charge is 2.32. The highest BCUT2D eigenvalue weighted by atomic mass is 16.5. The van der Waals surface area contributed by atoms with Gasteiger partial charge in [-0.25, -0.2) is 0 Å². The fraction of sp³-hybridized carbons (Fsp3) is 0.923. The zero-order chi connectivity index (χ0) is 11.5. The van der Waals surface area contributed by atoms with Crippen LogP contribution in [0.5, 0.6) is 0 Å². The third-order valence-corrected chi connectivity index (χ3v) is 4.16. The van der Waals surface area contributed by atoms with Gasteiger partial charge in [0, 0.05) is 38.1 Å². The van der Waals surface area contributed by atoms with Crippen molar-refractivity contribution in [3.05, 3.63) is 0 Å². The Morgan fingerprint density at radius 1 is 1.38 bits per heavy atom. The second kappa shape index (κ2) is 5.28. The highest BCUT2D eigenvalue weighted by molar-refractivity contribution is 5.82. The first-order valence-electron chi connectivity index (χ1n) is 6.57. The summed E-state index contributed by atoms with van der Waals surface area (Å²) in [5.74, 6) is 0.616. The number of ketones is 1. The molecule has 0 amide bonds. The number of rotatable bonds is 2. The molecule has 92 valence electrons. The van der Waals surface area contributed by atoms with Gasteiger partial charge in [0.25, 0.3) is 0 Å². The molecule has 3 nitrogen and oxygen atoms in total. The number of likely N-dealkylation sites (tertiary alicyclic amines) is 1. The predicted molar refractivity (Wildman–Crippen MR) is 63.4 cm³/mol. The smallest absolute Gasteiger partial charge is 0.138 e. The van der Waals surface area contributed by atoms with E-state index in [1.54, 1.807) is 0 Å². The van der Waals surface area contributed by atoms with E-state index in [4.69, 9.17) is 4.74 Å². The highest BCUT2D eigenvalue weighted by Crippen LogP contribution is 2.22. The van der Waals surface area contributed by atoms with Gasteiger partial charge in [-0.15, -0.1) is 0 Å². The van der Waals surface area contributed by atoms with Crippen LogP contribution >= 0.6 is 0 Å². The number of Topliss-reactive ketones (excluding diaryl/α,β-unsaturated/α-hetero) is 1. The minimum absolute atomic E-state index is 0.192. The van der Waals surface area contributed by atoms with E-state index in [1.807, 2.05) is 0 Å². The Labute approximate surface area is 98.1 Å². The van der Waals surface area contributed by atoms with Crippen molar-refractivity contribution >= 4 is 5.78 Å². The third-order valence-electron chi connectivity index (χ3n) is 4.16. The molecule has 3 unspecified atom stereocenters. The summed E-state index contributed by atoms with van der Waals surface area (Å²) in [7, 11) is 0. The van der Waals surface area contributed by atoms with Gasteiger partial charge in [0.05, 0.1) is 6.10 Å². The summed E-state index contributed by atoms with van der Waals surface area (Å²) >= 11 is 0. The molecule has 0 aliphatic carbocycles. The standard InChI is InChI=1S/C13H23NO2/c1-10-11(2)14(7-6-13(10)15)9-12-5-3-4-8-16-12/h10-12H,3-9H2,1-2H3. The molecule has 0 spiro atoms. The summed E-state index contributed by atoms with van der Waals surface area (Å²) in [6.07, 6.45) is 4.81. The van der Waals surface area contributed by atoms with Crippen molar-refractivity contribution in [3.63, 3.8) is 0 Å². The summed E-state index contributed by atoms with van der Waals surface area (Å²) < 4.78 is 5.76. The number of hydrogen-bond acceptors (Lipinski definition) is 3. The van der Waals surface area contributed by atoms with E-state index in [9.17, 15) is 4.79 Å². The van der Waals surface area contributed by atoms with Crippen LogP contribution in [0.1, 0.15) is 39.5 Å². The van der Waals surface area contributed by atoms with E-state index in [1.165, 1.54) is 19.3 Å². The van der Waals surface area contributed by atoms with Crippen LogP contribution in [-0.4, -0.2) is 42.5 Å². The first-order valence-corrected chi connectivity index (χ1v) is 6.57. The van der Waals surface area contributed by atoms with Crippen LogP contribution < -0.4 is 0 Å². The summed E-state index contributed by atoms with van der Waals surface area (Å²) in [6, 6.07) is 0.381. The third kappa shape index (κ3) is 2.64. The molecule has 3 atom stereocenters. The molecule has 3 heteroatoms. The summed E-state index contributed by atoms with van der Waals surface area (Å²) in [5.41, 5.74) is 0. The molecule has 0 N–H and O–H groups in total. The van der Waals surface area contributed by atoms with E-state index >= 15 is 0 Å². The van der Waals surface area contributed by atoms with Gasteiger partial charge in [-0.2, -0.15) is 0 Å². The van der Waals surface area contributed by atoms with Gasteiger partial charge >= 0.3 is 0 Å². The Bertz CT molecular complexity index is 248. The molecule has 0 aromatic carbocycles. The molecule has 0 bridgehead atoms. The zero-order valence-corrected chi connectivity index (χ0v) is 10.4. The summed E-state index contributed by atoms with van der Waals surface area (Å²) in [6.45, 7) is 7.08. The Balaban J connectivity index is 1.86. The van der Waals surface area contributed by atoms with Crippen molar-refractivity contribution in [2.24, 2.45) is 5.92 Å². The topological polar surface area (TPSA) is 29.5 Å². The minimum Gasteiger partial charge on any atom is -0.377 e. The Morgan fingerprint density at radius 3 is 2.88 bits per heavy atom. The molecule has 2 rings (SSSR count). The average molecular weight is 225 g/mol. The SMILES string of the molecule is CC1C(=O)CCN(CC2CCCCO2)C1C. The van der Waals surface area contributed by atoms with Crippen molar-refractivity contribution in [1.29, 1.82) is 0 Å². The van der Waals surface area contributed by atoms with Gasteiger partial charge in [0.1, 0.15) is 5.78 Å². The lowest BCUT2D eigenvalue weighted by Gasteiger charge is -2.39. The molecule has 0 saturated carbocycles. The average Bonchev–Trinajstić information content (AvgIpc) is 2.31. The fourth-order valence-corrected chi connectivity index (χ4v) is 2.74. The van der Waals surface area contributed by atoms with E-state index in [2.05, 4.69) is 18.7 Å². The van der Waals surface area contributed by atoms with Gasteiger partial charge in [-0.3, -0.25) is 9.69 Å². The van der Waals surface area contributed by atoms with Gasteiger partial charge < -0.3 is 4.74 Å². The zero-order valence-electron chi connectivity index (χ0n) is 10.4. The Kier molecular flexibility index (Phi) is 3.98. The Morgan fingerprint density at radius 2 is 2.19 bits per heavy atom. The van der Waals surface area contributed by atoms with Crippen LogP contribution in [0.15, 0.2) is 0 Å². The first kappa shape index (κ1) is 12.1. The Hall–Kier alpha value is -0.410. The number of ether oxygens (including phenoxy) is 1. The van der Waals surface area contributed by atoms with Crippen LogP contribution in [0.25, 0.3) is 0 Å². The summed E-state index contributed by atoms with van der Waals surface area (Å²) in [5, 5.41) is 0. The van der Waals surface area contributed by atoms with Gasteiger partial charge in [0.2, 0.25) is 0 Å². The second-order valence-electron chi connectivity index (χ2n) is 5.23. The van der Waals surface area contributed by atoms with Gasteiger partial charge in [0.15, 0.2) is 0 Å². The lowest BCUT2D eigenvalue weighted by molar-refractivity contribution is -0.129. The number of hydrogen-bond donors (Lipinski definition) is 0. The molecule has 16 heavy (non-hydrogen) atoms. The van der Waals surface area contributed by atoms with Gasteiger partial charge in [-0.1, -0.05) is 6.92 Å². The van der Waals surface area contributed by atoms with Crippen molar-refractivity contribution < 1.29 is 9.53 Å². The lowest BCUT2D eigenvalue weighted by Crippen LogP contribution is -2.50. The fourth-order valence-electron chi connectivity index (χ4n) is 2.74. The molecular formula is C13H23NO2. The monoisotopic (exact) mass is 225 g/mol. The lowest BCUT2D eigenvalue weighted by atomic mass is 9.90. The van der Waals surface area contributed by atoms with Crippen LogP contribution in [0, 0.1) is 5.92 Å². The summed E-state index contributed by atoms with van der Waals surface area (Å²) in [4.78, 5) is 14.0. The largest absolute Gasteiger partial charge is 0.377 e. The van der Waals surface area contributed by atoms with Gasteiger partial charge in [-0.05, 0) is 26.2 Å². The minimum atomic E-state index is 0.192. The maximum Gasteiger partial charge on any atom is 0.138 e.